The lowest BCUT2D eigenvalue weighted by atomic mass is 10.1. The number of benzene rings is 2. The van der Waals surface area contributed by atoms with Crippen molar-refractivity contribution >= 4 is 18.2 Å². The molecule has 0 aliphatic heterocycles. The molecule has 0 heterocycles. The highest BCUT2D eigenvalue weighted by molar-refractivity contribution is 5.99. The van der Waals surface area contributed by atoms with Crippen LogP contribution in [-0.2, 0) is 0 Å². The molecule has 3 nitrogen and oxygen atoms in total. The van der Waals surface area contributed by atoms with Gasteiger partial charge in [-0.15, -0.1) is 12.4 Å². The molecular weight excluding hydrogens is 262 g/mol. The highest BCUT2D eigenvalue weighted by Gasteiger charge is 2.10. The van der Waals surface area contributed by atoms with E-state index in [-0.39, 0.29) is 18.2 Å². The molecule has 0 bridgehead atoms. The van der Waals surface area contributed by atoms with Gasteiger partial charge in [0.15, 0.2) is 5.78 Å². The Labute approximate surface area is 118 Å². The van der Waals surface area contributed by atoms with Crippen LogP contribution in [0, 0.1) is 0 Å². The number of halogens is 1. The van der Waals surface area contributed by atoms with Crippen molar-refractivity contribution in [1.29, 1.82) is 0 Å². The molecule has 2 rings (SSSR count). The van der Waals surface area contributed by atoms with Gasteiger partial charge < -0.3 is 10.5 Å². The van der Waals surface area contributed by atoms with Gasteiger partial charge in [0.1, 0.15) is 11.5 Å². The summed E-state index contributed by atoms with van der Waals surface area (Å²) in [5, 5.41) is 0. The fourth-order valence-corrected chi connectivity index (χ4v) is 1.57. The largest absolute Gasteiger partial charge is 0.457 e. The Morgan fingerprint density at radius 3 is 2.05 bits per heavy atom. The Bertz CT molecular complexity index is 524. The summed E-state index contributed by atoms with van der Waals surface area (Å²) in [5.41, 5.74) is 6.15. The van der Waals surface area contributed by atoms with Gasteiger partial charge in [0.25, 0.3) is 0 Å². The first-order valence-corrected chi connectivity index (χ1v) is 5.79. The van der Waals surface area contributed by atoms with E-state index in [1.54, 1.807) is 31.2 Å². The molecule has 19 heavy (non-hydrogen) atoms. The summed E-state index contributed by atoms with van der Waals surface area (Å²) in [7, 11) is 0. The monoisotopic (exact) mass is 277 g/mol. The molecule has 0 fully saturated rings. The highest BCUT2D eigenvalue weighted by Crippen LogP contribution is 2.21. The van der Waals surface area contributed by atoms with Crippen molar-refractivity contribution in [2.45, 2.75) is 13.0 Å². The van der Waals surface area contributed by atoms with Crippen molar-refractivity contribution < 1.29 is 9.53 Å². The van der Waals surface area contributed by atoms with E-state index in [9.17, 15) is 4.79 Å². The fourth-order valence-electron chi connectivity index (χ4n) is 1.57. The molecule has 0 aromatic heterocycles. The smallest absolute Gasteiger partial charge is 0.179 e. The molecule has 1 atom stereocenters. The Kier molecular flexibility index (Phi) is 5.55. The van der Waals surface area contributed by atoms with E-state index in [1.165, 1.54) is 0 Å². The number of hydrogen-bond donors (Lipinski definition) is 1. The standard InChI is InChI=1S/C15H15NO2.ClH/c1-11(16)15(17)12-7-9-14(10-8-12)18-13-5-3-2-4-6-13;/h2-11H,16H2,1H3;1H. The number of Topliss-reactive ketones (excluding diaryl/α,β-unsaturated/α-hetero) is 1. The zero-order valence-electron chi connectivity index (χ0n) is 10.6. The van der Waals surface area contributed by atoms with E-state index in [1.807, 2.05) is 30.3 Å². The van der Waals surface area contributed by atoms with Crippen molar-refractivity contribution in [3.63, 3.8) is 0 Å². The van der Waals surface area contributed by atoms with Gasteiger partial charge in [-0.05, 0) is 43.3 Å². The minimum Gasteiger partial charge on any atom is -0.457 e. The van der Waals surface area contributed by atoms with Crippen LogP contribution in [0.5, 0.6) is 11.5 Å². The number of para-hydroxylation sites is 1. The zero-order chi connectivity index (χ0) is 13.0. The Hall–Kier alpha value is -1.84. The van der Waals surface area contributed by atoms with Crippen LogP contribution in [0.25, 0.3) is 0 Å². The predicted octanol–water partition coefficient (Wildman–Crippen LogP) is 3.43. The van der Waals surface area contributed by atoms with E-state index in [4.69, 9.17) is 10.5 Å². The van der Waals surface area contributed by atoms with Crippen molar-refractivity contribution in [2.24, 2.45) is 5.73 Å². The predicted molar refractivity (Wildman–Crippen MR) is 78.2 cm³/mol. The van der Waals surface area contributed by atoms with Crippen LogP contribution in [0.15, 0.2) is 54.6 Å². The number of ketones is 1. The second-order valence-electron chi connectivity index (χ2n) is 4.09. The number of rotatable bonds is 4. The lowest BCUT2D eigenvalue weighted by molar-refractivity contribution is 0.0968. The first kappa shape index (κ1) is 15.2. The van der Waals surface area contributed by atoms with Crippen LogP contribution in [0.1, 0.15) is 17.3 Å². The van der Waals surface area contributed by atoms with Gasteiger partial charge in [-0.3, -0.25) is 4.79 Å². The minimum absolute atomic E-state index is 0. The summed E-state index contributed by atoms with van der Waals surface area (Å²) >= 11 is 0. The second kappa shape index (κ2) is 6.92. The summed E-state index contributed by atoms with van der Waals surface area (Å²) in [6.07, 6.45) is 0. The molecule has 0 aliphatic rings. The first-order valence-electron chi connectivity index (χ1n) is 5.79. The van der Waals surface area contributed by atoms with Gasteiger partial charge >= 0.3 is 0 Å². The number of carbonyl (C=O) groups excluding carboxylic acids is 1. The van der Waals surface area contributed by atoms with E-state index in [2.05, 4.69) is 0 Å². The molecule has 2 N–H and O–H groups in total. The van der Waals surface area contributed by atoms with Crippen molar-refractivity contribution in [1.82, 2.24) is 0 Å². The normalized spacial score (nSPS) is 11.3. The number of hydrogen-bond acceptors (Lipinski definition) is 3. The number of nitrogens with two attached hydrogens (primary N) is 1. The van der Waals surface area contributed by atoms with Crippen LogP contribution in [0.3, 0.4) is 0 Å². The molecule has 100 valence electrons. The third-order valence-corrected chi connectivity index (χ3v) is 2.53. The van der Waals surface area contributed by atoms with Gasteiger partial charge in [0, 0.05) is 5.56 Å². The molecular formula is C15H16ClNO2. The van der Waals surface area contributed by atoms with E-state index < -0.39 is 6.04 Å². The molecule has 0 aliphatic carbocycles. The summed E-state index contributed by atoms with van der Waals surface area (Å²) in [4.78, 5) is 11.6. The van der Waals surface area contributed by atoms with Crippen LogP contribution in [0.4, 0.5) is 0 Å². The lowest BCUT2D eigenvalue weighted by Gasteiger charge is -2.07. The van der Waals surface area contributed by atoms with Crippen molar-refractivity contribution in [3.05, 3.63) is 60.2 Å². The molecule has 0 spiro atoms. The lowest BCUT2D eigenvalue weighted by Crippen LogP contribution is -2.26. The van der Waals surface area contributed by atoms with E-state index >= 15 is 0 Å². The van der Waals surface area contributed by atoms with Crippen molar-refractivity contribution in [3.8, 4) is 11.5 Å². The Morgan fingerprint density at radius 2 is 1.53 bits per heavy atom. The van der Waals surface area contributed by atoms with Crippen molar-refractivity contribution in [2.75, 3.05) is 0 Å². The summed E-state index contributed by atoms with van der Waals surface area (Å²) in [6.45, 7) is 1.68. The van der Waals surface area contributed by atoms with Crippen LogP contribution in [-0.4, -0.2) is 11.8 Å². The van der Waals surface area contributed by atoms with E-state index in [0.717, 1.165) is 5.75 Å². The summed E-state index contributed by atoms with van der Waals surface area (Å²) in [5.74, 6) is 1.40. The van der Waals surface area contributed by atoms with E-state index in [0.29, 0.717) is 11.3 Å². The maximum absolute atomic E-state index is 11.6. The van der Waals surface area contributed by atoms with Gasteiger partial charge in [0.05, 0.1) is 6.04 Å². The molecule has 2 aromatic rings. The third kappa shape index (κ3) is 4.09. The third-order valence-electron chi connectivity index (χ3n) is 2.53. The quantitative estimate of drug-likeness (QED) is 0.871. The number of carbonyl (C=O) groups is 1. The average Bonchev–Trinajstić information content (AvgIpc) is 2.40. The maximum atomic E-state index is 11.6. The van der Waals surface area contributed by atoms with Gasteiger partial charge in [-0.1, -0.05) is 18.2 Å². The highest BCUT2D eigenvalue weighted by atomic mass is 35.5. The Morgan fingerprint density at radius 1 is 1.00 bits per heavy atom. The average molecular weight is 278 g/mol. The zero-order valence-corrected chi connectivity index (χ0v) is 11.4. The first-order chi connectivity index (χ1) is 8.66. The van der Waals surface area contributed by atoms with Crippen LogP contribution >= 0.6 is 12.4 Å². The second-order valence-corrected chi connectivity index (χ2v) is 4.09. The maximum Gasteiger partial charge on any atom is 0.179 e. The molecule has 0 radical (unpaired) electrons. The molecule has 0 amide bonds. The molecule has 2 aromatic carbocycles. The Balaban J connectivity index is 0.00000180. The molecule has 4 heteroatoms. The number of ether oxygens (including phenoxy) is 1. The minimum atomic E-state index is -0.481. The SMILES string of the molecule is CC(N)C(=O)c1ccc(Oc2ccccc2)cc1.Cl. The topological polar surface area (TPSA) is 52.3 Å². The molecule has 0 saturated carbocycles. The van der Waals surface area contributed by atoms with Gasteiger partial charge in [-0.25, -0.2) is 0 Å². The molecule has 1 unspecified atom stereocenters. The van der Waals surface area contributed by atoms with Gasteiger partial charge in [0.2, 0.25) is 0 Å². The molecule has 0 saturated heterocycles. The summed E-state index contributed by atoms with van der Waals surface area (Å²) < 4.78 is 5.63. The van der Waals surface area contributed by atoms with Crippen LogP contribution < -0.4 is 10.5 Å². The van der Waals surface area contributed by atoms with Gasteiger partial charge in [-0.2, -0.15) is 0 Å². The summed E-state index contributed by atoms with van der Waals surface area (Å²) in [6, 6.07) is 16.0. The van der Waals surface area contributed by atoms with Crippen LogP contribution in [0.2, 0.25) is 0 Å². The fraction of sp³-hybridized carbons (Fsp3) is 0.133.